The summed E-state index contributed by atoms with van der Waals surface area (Å²) >= 11 is 0. The fourth-order valence-corrected chi connectivity index (χ4v) is 3.73. The summed E-state index contributed by atoms with van der Waals surface area (Å²) in [5.74, 6) is 0.730. The van der Waals surface area contributed by atoms with Gasteiger partial charge in [-0.15, -0.1) is 0 Å². The van der Waals surface area contributed by atoms with E-state index in [4.69, 9.17) is 4.74 Å². The van der Waals surface area contributed by atoms with Crippen molar-refractivity contribution in [3.63, 3.8) is 0 Å². The molecule has 0 heterocycles. The summed E-state index contributed by atoms with van der Waals surface area (Å²) in [7, 11) is 0. The minimum Gasteiger partial charge on any atom is -0.466 e. The minimum atomic E-state index is -0.395. The number of ketones is 1. The van der Waals surface area contributed by atoms with Crippen LogP contribution in [0.2, 0.25) is 0 Å². The predicted octanol–water partition coefficient (Wildman–Crippen LogP) is 5.00. The molecule has 0 saturated heterocycles. The van der Waals surface area contributed by atoms with E-state index in [-0.39, 0.29) is 17.8 Å². The summed E-state index contributed by atoms with van der Waals surface area (Å²) in [6, 6.07) is 0. The first-order valence-electron chi connectivity index (χ1n) is 10.6. The summed E-state index contributed by atoms with van der Waals surface area (Å²) < 4.78 is 4.91. The predicted molar refractivity (Wildman–Crippen MR) is 109 cm³/mol. The normalized spacial score (nSPS) is 24.1. The number of allylic oxidation sites excluding steroid dienone is 3. The third-order valence-corrected chi connectivity index (χ3v) is 5.34. The molecule has 1 saturated carbocycles. The molecular weight excluding hydrogens is 340 g/mol. The molecule has 0 aromatic heterocycles. The number of hydrogen-bond donors (Lipinski definition) is 1. The molecule has 0 amide bonds. The molecule has 1 aliphatic rings. The van der Waals surface area contributed by atoms with Gasteiger partial charge in [-0.2, -0.15) is 0 Å². The molecule has 0 radical (unpaired) electrons. The molecule has 0 aromatic carbocycles. The van der Waals surface area contributed by atoms with Crippen LogP contribution in [-0.2, 0) is 14.3 Å². The highest BCUT2D eigenvalue weighted by Crippen LogP contribution is 2.37. The second kappa shape index (κ2) is 13.7. The van der Waals surface area contributed by atoms with Gasteiger partial charge in [-0.25, -0.2) is 0 Å². The summed E-state index contributed by atoms with van der Waals surface area (Å²) in [6.07, 6.45) is 16.2. The smallest absolute Gasteiger partial charge is 0.302 e. The highest BCUT2D eigenvalue weighted by Gasteiger charge is 2.37. The average molecular weight is 379 g/mol. The van der Waals surface area contributed by atoms with Crippen molar-refractivity contribution in [2.75, 3.05) is 6.61 Å². The van der Waals surface area contributed by atoms with E-state index < -0.39 is 6.10 Å². The van der Waals surface area contributed by atoms with Gasteiger partial charge in [0.2, 0.25) is 0 Å². The Hall–Kier alpha value is -1.42. The van der Waals surface area contributed by atoms with E-state index in [1.807, 2.05) is 6.08 Å². The number of aliphatic hydroxyl groups is 1. The van der Waals surface area contributed by atoms with Gasteiger partial charge in [-0.05, 0) is 43.9 Å². The SMILES string of the molecule is CCCCC[C@H](O)C=C[C@H]1[C@H](C)CC(=O)[C@@H]1CC=CCCCCOC(C)=O. The molecule has 27 heavy (non-hydrogen) atoms. The van der Waals surface area contributed by atoms with Crippen LogP contribution in [0.25, 0.3) is 0 Å². The van der Waals surface area contributed by atoms with Crippen molar-refractivity contribution in [2.45, 2.75) is 84.7 Å². The fraction of sp³-hybridized carbons (Fsp3) is 0.739. The van der Waals surface area contributed by atoms with Gasteiger partial charge in [0.1, 0.15) is 5.78 Å². The van der Waals surface area contributed by atoms with Gasteiger partial charge in [0.15, 0.2) is 0 Å². The molecule has 0 aliphatic heterocycles. The summed E-state index contributed by atoms with van der Waals surface area (Å²) in [5.41, 5.74) is 0. The van der Waals surface area contributed by atoms with E-state index >= 15 is 0 Å². The van der Waals surface area contributed by atoms with Gasteiger partial charge in [0.25, 0.3) is 0 Å². The highest BCUT2D eigenvalue weighted by molar-refractivity contribution is 5.84. The van der Waals surface area contributed by atoms with Crippen LogP contribution in [0, 0.1) is 17.8 Å². The lowest BCUT2D eigenvalue weighted by atomic mass is 9.87. The first-order valence-corrected chi connectivity index (χ1v) is 10.6. The number of ether oxygens (including phenoxy) is 1. The Balaban J connectivity index is 2.39. The summed E-state index contributed by atoms with van der Waals surface area (Å²) in [4.78, 5) is 23.0. The van der Waals surface area contributed by atoms with Crippen LogP contribution in [0.3, 0.4) is 0 Å². The van der Waals surface area contributed by atoms with E-state index in [9.17, 15) is 14.7 Å². The van der Waals surface area contributed by atoms with Crippen molar-refractivity contribution in [3.05, 3.63) is 24.3 Å². The lowest BCUT2D eigenvalue weighted by Crippen LogP contribution is -2.15. The van der Waals surface area contributed by atoms with Crippen molar-refractivity contribution in [3.8, 4) is 0 Å². The Morgan fingerprint density at radius 2 is 2.04 bits per heavy atom. The standard InChI is InChI=1S/C23H38O4/c1-4-5-9-12-20(25)14-15-21-18(2)17-23(26)22(21)13-10-7-6-8-11-16-27-19(3)24/h7,10,14-15,18,20-22,25H,4-6,8-9,11-13,16-17H2,1-3H3/t18-,20+,21+,22-/m1/s1. The Kier molecular flexibility index (Phi) is 12.0. The number of hydrogen-bond acceptors (Lipinski definition) is 4. The third kappa shape index (κ3) is 9.90. The zero-order chi connectivity index (χ0) is 20.1. The summed E-state index contributed by atoms with van der Waals surface area (Å²) in [5, 5.41) is 10.1. The van der Waals surface area contributed by atoms with Crippen LogP contribution in [-0.4, -0.2) is 29.6 Å². The second-order valence-corrected chi connectivity index (χ2v) is 7.82. The molecular formula is C23H38O4. The lowest BCUT2D eigenvalue weighted by molar-refractivity contribution is -0.141. The number of unbranched alkanes of at least 4 members (excludes halogenated alkanes) is 4. The molecule has 1 rings (SSSR count). The Morgan fingerprint density at radius 3 is 2.74 bits per heavy atom. The average Bonchev–Trinajstić information content (AvgIpc) is 2.88. The first-order chi connectivity index (χ1) is 13.0. The van der Waals surface area contributed by atoms with Gasteiger partial charge in [-0.3, -0.25) is 9.59 Å². The number of rotatable bonds is 13. The van der Waals surface area contributed by atoms with Crippen LogP contribution in [0.1, 0.15) is 78.6 Å². The van der Waals surface area contributed by atoms with Crippen molar-refractivity contribution in [1.29, 1.82) is 0 Å². The fourth-order valence-electron chi connectivity index (χ4n) is 3.73. The van der Waals surface area contributed by atoms with Gasteiger partial charge in [0, 0.05) is 19.3 Å². The first kappa shape index (κ1) is 23.6. The van der Waals surface area contributed by atoms with Crippen molar-refractivity contribution < 1.29 is 19.4 Å². The van der Waals surface area contributed by atoms with E-state index in [0.29, 0.717) is 24.7 Å². The number of Topliss-reactive ketones (excluding diaryl/α,β-unsaturated/α-hetero) is 1. The lowest BCUT2D eigenvalue weighted by Gasteiger charge is -2.17. The molecule has 4 atom stereocenters. The maximum atomic E-state index is 12.3. The van der Waals surface area contributed by atoms with Gasteiger partial charge >= 0.3 is 5.97 Å². The molecule has 4 nitrogen and oxygen atoms in total. The minimum absolute atomic E-state index is 0.0383. The van der Waals surface area contributed by atoms with Crippen LogP contribution < -0.4 is 0 Å². The largest absolute Gasteiger partial charge is 0.466 e. The zero-order valence-corrected chi connectivity index (χ0v) is 17.4. The van der Waals surface area contributed by atoms with Crippen LogP contribution in [0.5, 0.6) is 0 Å². The van der Waals surface area contributed by atoms with Gasteiger partial charge < -0.3 is 9.84 Å². The van der Waals surface area contributed by atoms with E-state index in [1.54, 1.807) is 0 Å². The number of carbonyl (C=O) groups excluding carboxylic acids is 2. The van der Waals surface area contributed by atoms with Crippen molar-refractivity contribution in [1.82, 2.24) is 0 Å². The quantitative estimate of drug-likeness (QED) is 0.278. The molecule has 1 N–H and O–H groups in total. The van der Waals surface area contributed by atoms with Crippen LogP contribution in [0.15, 0.2) is 24.3 Å². The second-order valence-electron chi connectivity index (χ2n) is 7.82. The number of carbonyl (C=O) groups is 2. The molecule has 1 aliphatic carbocycles. The Bertz CT molecular complexity index is 495. The van der Waals surface area contributed by atoms with Gasteiger partial charge in [0.05, 0.1) is 12.7 Å². The van der Waals surface area contributed by atoms with E-state index in [0.717, 1.165) is 51.4 Å². The van der Waals surface area contributed by atoms with Gasteiger partial charge in [-0.1, -0.05) is 57.4 Å². The molecule has 0 unspecified atom stereocenters. The zero-order valence-electron chi connectivity index (χ0n) is 17.4. The van der Waals surface area contributed by atoms with E-state index in [2.05, 4.69) is 32.1 Å². The highest BCUT2D eigenvalue weighted by atomic mass is 16.5. The van der Waals surface area contributed by atoms with Crippen molar-refractivity contribution in [2.24, 2.45) is 17.8 Å². The molecule has 0 aromatic rings. The van der Waals surface area contributed by atoms with E-state index in [1.165, 1.54) is 6.92 Å². The topological polar surface area (TPSA) is 63.6 Å². The molecule has 1 fully saturated rings. The monoisotopic (exact) mass is 378 g/mol. The number of esters is 1. The summed E-state index contributed by atoms with van der Waals surface area (Å²) in [6.45, 7) is 6.20. The third-order valence-electron chi connectivity index (χ3n) is 5.34. The van der Waals surface area contributed by atoms with Crippen LogP contribution in [0.4, 0.5) is 0 Å². The molecule has 0 bridgehead atoms. The van der Waals surface area contributed by atoms with Crippen LogP contribution >= 0.6 is 0 Å². The van der Waals surface area contributed by atoms with Crippen molar-refractivity contribution >= 4 is 11.8 Å². The maximum absolute atomic E-state index is 12.3. The molecule has 0 spiro atoms. The Labute approximate surface area is 165 Å². The molecule has 4 heteroatoms. The number of aliphatic hydroxyl groups excluding tert-OH is 1. The molecule has 154 valence electrons. The maximum Gasteiger partial charge on any atom is 0.302 e. The Morgan fingerprint density at radius 1 is 1.26 bits per heavy atom.